The van der Waals surface area contributed by atoms with Gasteiger partial charge in [-0.05, 0) is 38.3 Å². The van der Waals surface area contributed by atoms with Crippen molar-refractivity contribution in [1.82, 2.24) is 14.8 Å². The first-order valence-corrected chi connectivity index (χ1v) is 10.6. The van der Waals surface area contributed by atoms with Gasteiger partial charge in [0.05, 0.1) is 5.71 Å². The van der Waals surface area contributed by atoms with E-state index in [1.807, 2.05) is 6.92 Å². The number of aromatic nitrogens is 3. The average Bonchev–Trinajstić information content (AvgIpc) is 3.17. The number of methoxy groups -OCH3 is 1. The van der Waals surface area contributed by atoms with Crippen LogP contribution in [0.15, 0.2) is 29.3 Å². The molecular weight excluding hydrogens is 368 g/mol. The molecule has 0 saturated heterocycles. The predicted molar refractivity (Wildman–Crippen MR) is 114 cm³/mol. The SMILES string of the molecule is CCc1ccc(C2=N[C@@H](CCOC)c3nnc(C)n3-c3sc(C)c(C)c32)cc1. The minimum atomic E-state index is -0.0821. The number of benzene rings is 1. The molecule has 0 aliphatic carbocycles. The maximum Gasteiger partial charge on any atom is 0.163 e. The number of thiophene rings is 1. The highest BCUT2D eigenvalue weighted by Crippen LogP contribution is 2.39. The molecular formula is C22H26N4OS. The number of hydrogen-bond donors (Lipinski definition) is 0. The summed E-state index contributed by atoms with van der Waals surface area (Å²) in [6.07, 6.45) is 1.81. The number of fused-ring (bicyclic) bond motifs is 3. The molecule has 0 fully saturated rings. The van der Waals surface area contributed by atoms with Crippen molar-refractivity contribution in [3.8, 4) is 5.00 Å². The Morgan fingerprint density at radius 3 is 2.54 bits per heavy atom. The molecule has 0 unspecified atom stereocenters. The van der Waals surface area contributed by atoms with E-state index in [1.54, 1.807) is 18.4 Å². The second-order valence-electron chi connectivity index (χ2n) is 7.23. The van der Waals surface area contributed by atoms with Gasteiger partial charge in [-0.15, -0.1) is 21.5 Å². The Balaban J connectivity index is 1.96. The third kappa shape index (κ3) is 3.10. The normalized spacial score (nSPS) is 15.8. The number of nitrogens with zero attached hydrogens (tertiary/aromatic N) is 4. The van der Waals surface area contributed by atoms with Crippen molar-refractivity contribution in [2.75, 3.05) is 13.7 Å². The molecule has 1 aliphatic heterocycles. The fourth-order valence-corrected chi connectivity index (χ4v) is 4.92. The minimum Gasteiger partial charge on any atom is -0.385 e. The highest BCUT2D eigenvalue weighted by molar-refractivity contribution is 7.15. The van der Waals surface area contributed by atoms with Crippen LogP contribution in [0.5, 0.6) is 0 Å². The Bertz CT molecular complexity index is 1030. The Hall–Kier alpha value is -2.31. The van der Waals surface area contributed by atoms with Crippen LogP contribution in [0.4, 0.5) is 0 Å². The van der Waals surface area contributed by atoms with E-state index in [1.165, 1.54) is 26.6 Å². The lowest BCUT2D eigenvalue weighted by atomic mass is 9.98. The Kier molecular flexibility index (Phi) is 5.17. The van der Waals surface area contributed by atoms with Crippen LogP contribution in [0.2, 0.25) is 0 Å². The van der Waals surface area contributed by atoms with E-state index in [-0.39, 0.29) is 6.04 Å². The zero-order chi connectivity index (χ0) is 19.8. The summed E-state index contributed by atoms with van der Waals surface area (Å²) in [6, 6.07) is 8.71. The Morgan fingerprint density at radius 2 is 1.86 bits per heavy atom. The largest absolute Gasteiger partial charge is 0.385 e. The molecule has 3 heterocycles. The molecule has 3 aromatic rings. The highest BCUT2D eigenvalue weighted by Gasteiger charge is 2.31. The van der Waals surface area contributed by atoms with Gasteiger partial charge in [0.1, 0.15) is 16.9 Å². The first-order valence-electron chi connectivity index (χ1n) is 9.73. The first kappa shape index (κ1) is 19.0. The summed E-state index contributed by atoms with van der Waals surface area (Å²) in [5, 5.41) is 10.0. The molecule has 5 nitrogen and oxygen atoms in total. The number of ether oxygens (including phenoxy) is 1. The molecule has 0 N–H and O–H groups in total. The van der Waals surface area contributed by atoms with Crippen LogP contribution in [0, 0.1) is 20.8 Å². The van der Waals surface area contributed by atoms with Crippen LogP contribution in [-0.2, 0) is 11.2 Å². The molecule has 0 saturated carbocycles. The number of rotatable bonds is 5. The Morgan fingerprint density at radius 1 is 1.11 bits per heavy atom. The first-order chi connectivity index (χ1) is 13.5. The summed E-state index contributed by atoms with van der Waals surface area (Å²) in [7, 11) is 1.73. The highest BCUT2D eigenvalue weighted by atomic mass is 32.1. The van der Waals surface area contributed by atoms with Gasteiger partial charge in [-0.1, -0.05) is 31.2 Å². The van der Waals surface area contributed by atoms with Gasteiger partial charge >= 0.3 is 0 Å². The molecule has 0 bridgehead atoms. The quantitative estimate of drug-likeness (QED) is 0.628. The van der Waals surface area contributed by atoms with Crippen molar-refractivity contribution in [3.05, 3.63) is 63.0 Å². The van der Waals surface area contributed by atoms with E-state index in [2.05, 4.69) is 59.8 Å². The van der Waals surface area contributed by atoms with Gasteiger partial charge < -0.3 is 4.74 Å². The van der Waals surface area contributed by atoms with E-state index < -0.39 is 0 Å². The lowest BCUT2D eigenvalue weighted by Gasteiger charge is -2.12. The molecule has 146 valence electrons. The molecule has 0 spiro atoms. The van der Waals surface area contributed by atoms with E-state index in [0.717, 1.165) is 35.8 Å². The van der Waals surface area contributed by atoms with Crippen molar-refractivity contribution in [1.29, 1.82) is 0 Å². The molecule has 2 aromatic heterocycles. The summed E-state index contributed by atoms with van der Waals surface area (Å²) in [5.74, 6) is 1.80. The van der Waals surface area contributed by atoms with Gasteiger partial charge in [-0.2, -0.15) is 0 Å². The van der Waals surface area contributed by atoms with Crippen LogP contribution in [0.1, 0.15) is 58.2 Å². The van der Waals surface area contributed by atoms with Gasteiger partial charge in [0.2, 0.25) is 0 Å². The van der Waals surface area contributed by atoms with Crippen molar-refractivity contribution < 1.29 is 4.74 Å². The van der Waals surface area contributed by atoms with Crippen LogP contribution >= 0.6 is 11.3 Å². The number of aryl methyl sites for hydroxylation is 3. The number of aliphatic imine (C=N–C) groups is 1. The van der Waals surface area contributed by atoms with Crippen molar-refractivity contribution in [3.63, 3.8) is 0 Å². The van der Waals surface area contributed by atoms with E-state index in [4.69, 9.17) is 9.73 Å². The van der Waals surface area contributed by atoms with E-state index in [9.17, 15) is 0 Å². The van der Waals surface area contributed by atoms with E-state index in [0.29, 0.717) is 6.61 Å². The smallest absolute Gasteiger partial charge is 0.163 e. The maximum atomic E-state index is 5.36. The average molecular weight is 395 g/mol. The van der Waals surface area contributed by atoms with Gasteiger partial charge in [0.25, 0.3) is 0 Å². The molecule has 28 heavy (non-hydrogen) atoms. The molecule has 6 heteroatoms. The summed E-state index contributed by atoms with van der Waals surface area (Å²) in [4.78, 5) is 6.53. The van der Waals surface area contributed by atoms with Crippen LogP contribution in [0.25, 0.3) is 5.00 Å². The Labute approximate surface area is 170 Å². The molecule has 1 aliphatic rings. The van der Waals surface area contributed by atoms with Crippen molar-refractivity contribution in [2.24, 2.45) is 4.99 Å². The van der Waals surface area contributed by atoms with Crippen molar-refractivity contribution >= 4 is 17.0 Å². The minimum absolute atomic E-state index is 0.0821. The van der Waals surface area contributed by atoms with Gasteiger partial charge in [-0.3, -0.25) is 9.56 Å². The summed E-state index contributed by atoms with van der Waals surface area (Å²) in [6.45, 7) is 9.19. The number of hydrogen-bond acceptors (Lipinski definition) is 5. The molecule has 1 atom stereocenters. The zero-order valence-electron chi connectivity index (χ0n) is 17.1. The summed E-state index contributed by atoms with van der Waals surface area (Å²) in [5.41, 5.74) is 6.02. The zero-order valence-corrected chi connectivity index (χ0v) is 17.9. The standard InChI is InChI=1S/C22H26N4OS/c1-6-16-7-9-17(10-8-16)20-19-13(2)14(3)28-22(19)26-15(4)24-25-21(26)18(23-20)11-12-27-5/h7-10,18H,6,11-12H2,1-5H3/t18-/m0/s1. The third-order valence-electron chi connectivity index (χ3n) is 5.47. The monoisotopic (exact) mass is 394 g/mol. The van der Waals surface area contributed by atoms with Crippen LogP contribution in [0.3, 0.4) is 0 Å². The summed E-state index contributed by atoms with van der Waals surface area (Å²) >= 11 is 1.79. The second-order valence-corrected chi connectivity index (χ2v) is 8.43. The summed E-state index contributed by atoms with van der Waals surface area (Å²) < 4.78 is 7.55. The van der Waals surface area contributed by atoms with Gasteiger partial charge in [0.15, 0.2) is 5.82 Å². The molecule has 0 amide bonds. The fraction of sp³-hybridized carbons (Fsp3) is 0.409. The van der Waals surface area contributed by atoms with Crippen LogP contribution < -0.4 is 0 Å². The maximum absolute atomic E-state index is 5.36. The second kappa shape index (κ2) is 7.60. The predicted octanol–water partition coefficient (Wildman–Crippen LogP) is 4.75. The van der Waals surface area contributed by atoms with Gasteiger partial charge in [0, 0.05) is 36.1 Å². The van der Waals surface area contributed by atoms with Gasteiger partial charge in [-0.25, -0.2) is 0 Å². The molecule has 4 rings (SSSR count). The van der Waals surface area contributed by atoms with E-state index >= 15 is 0 Å². The lowest BCUT2D eigenvalue weighted by Crippen LogP contribution is -2.08. The topological polar surface area (TPSA) is 52.3 Å². The lowest BCUT2D eigenvalue weighted by molar-refractivity contribution is 0.187. The van der Waals surface area contributed by atoms with Crippen molar-refractivity contribution in [2.45, 2.75) is 46.6 Å². The van der Waals surface area contributed by atoms with Crippen LogP contribution in [-0.4, -0.2) is 34.2 Å². The molecule has 0 radical (unpaired) electrons. The third-order valence-corrected chi connectivity index (χ3v) is 6.66. The molecule has 1 aromatic carbocycles. The fourth-order valence-electron chi connectivity index (χ4n) is 3.71.